The summed E-state index contributed by atoms with van der Waals surface area (Å²) in [5, 5.41) is 2.83. The number of hydrogen-bond acceptors (Lipinski definition) is 2. The molecule has 0 aliphatic carbocycles. The molecule has 0 unspecified atom stereocenters. The topological polar surface area (TPSA) is 42.0 Å². The normalized spacial score (nSPS) is 10.2. The van der Waals surface area contributed by atoms with Crippen LogP contribution in [0.4, 0.5) is 5.69 Å². The van der Waals surface area contributed by atoms with Gasteiger partial charge in [0.2, 0.25) is 0 Å². The fourth-order valence-electron chi connectivity index (χ4n) is 1.63. The lowest BCUT2D eigenvalue weighted by molar-refractivity contribution is 0.102. The predicted octanol–water partition coefficient (Wildman–Crippen LogP) is 3.71. The first kappa shape index (κ1) is 12.8. The van der Waals surface area contributed by atoms with Gasteiger partial charge in [-0.15, -0.1) is 0 Å². The first-order chi connectivity index (χ1) is 8.56. The van der Waals surface area contributed by atoms with Crippen LogP contribution in [0.3, 0.4) is 0 Å². The highest BCUT2D eigenvalue weighted by Gasteiger charge is 2.10. The fourth-order valence-corrected chi connectivity index (χ4v) is 2.30. The monoisotopic (exact) mass is 304 g/mol. The minimum Gasteiger partial charge on any atom is -0.321 e. The van der Waals surface area contributed by atoms with Gasteiger partial charge in [-0.05, 0) is 59.1 Å². The second-order valence-electron chi connectivity index (χ2n) is 4.19. The zero-order valence-corrected chi connectivity index (χ0v) is 11.8. The van der Waals surface area contributed by atoms with E-state index in [4.69, 9.17) is 0 Å². The number of carbonyl (C=O) groups excluding carboxylic acids is 1. The Hall–Kier alpha value is -1.68. The summed E-state index contributed by atoms with van der Waals surface area (Å²) in [5.74, 6) is -0.144. The van der Waals surface area contributed by atoms with Gasteiger partial charge in [0, 0.05) is 10.7 Å². The van der Waals surface area contributed by atoms with Crippen molar-refractivity contribution in [2.75, 3.05) is 5.32 Å². The van der Waals surface area contributed by atoms with Crippen LogP contribution >= 0.6 is 15.9 Å². The van der Waals surface area contributed by atoms with Crippen molar-refractivity contribution >= 4 is 27.5 Å². The van der Waals surface area contributed by atoms with E-state index in [1.165, 1.54) is 0 Å². The van der Waals surface area contributed by atoms with Crippen LogP contribution in [0.5, 0.6) is 0 Å². The lowest BCUT2D eigenvalue weighted by Gasteiger charge is -2.07. The van der Waals surface area contributed by atoms with Gasteiger partial charge in [0.1, 0.15) is 0 Å². The third-order valence-electron chi connectivity index (χ3n) is 2.50. The van der Waals surface area contributed by atoms with Crippen LogP contribution in [0.2, 0.25) is 0 Å². The van der Waals surface area contributed by atoms with Gasteiger partial charge in [0.15, 0.2) is 0 Å². The highest BCUT2D eigenvalue weighted by Crippen LogP contribution is 2.19. The molecule has 1 N–H and O–H groups in total. The Bertz CT molecular complexity index is 596. The van der Waals surface area contributed by atoms with Crippen LogP contribution in [0, 0.1) is 13.8 Å². The van der Waals surface area contributed by atoms with Crippen molar-refractivity contribution in [2.24, 2.45) is 0 Å². The zero-order valence-electron chi connectivity index (χ0n) is 10.2. The maximum absolute atomic E-state index is 12.1. The van der Waals surface area contributed by atoms with Crippen LogP contribution in [0.15, 0.2) is 41.1 Å². The van der Waals surface area contributed by atoms with E-state index in [9.17, 15) is 4.79 Å². The van der Waals surface area contributed by atoms with Gasteiger partial charge in [-0.25, -0.2) is 0 Å². The SMILES string of the molecule is Cc1cncc(NC(=O)c2ccc(C)cc2Br)c1. The van der Waals surface area contributed by atoms with E-state index >= 15 is 0 Å². The Morgan fingerprint density at radius 1 is 1.17 bits per heavy atom. The lowest BCUT2D eigenvalue weighted by atomic mass is 10.1. The summed E-state index contributed by atoms with van der Waals surface area (Å²) in [5.41, 5.74) is 3.43. The van der Waals surface area contributed by atoms with E-state index in [2.05, 4.69) is 26.2 Å². The molecule has 0 aliphatic heterocycles. The van der Waals surface area contributed by atoms with Crippen molar-refractivity contribution in [3.63, 3.8) is 0 Å². The second kappa shape index (κ2) is 5.31. The molecule has 1 aromatic carbocycles. The molecule has 2 rings (SSSR count). The number of carbonyl (C=O) groups is 1. The Morgan fingerprint density at radius 3 is 2.61 bits per heavy atom. The molecule has 0 bridgehead atoms. The van der Waals surface area contributed by atoms with Crippen molar-refractivity contribution in [3.05, 3.63) is 57.8 Å². The number of aromatic nitrogens is 1. The van der Waals surface area contributed by atoms with Crippen LogP contribution in [0.1, 0.15) is 21.5 Å². The fraction of sp³-hybridized carbons (Fsp3) is 0.143. The van der Waals surface area contributed by atoms with Crippen LogP contribution < -0.4 is 5.32 Å². The van der Waals surface area contributed by atoms with Crippen molar-refractivity contribution < 1.29 is 4.79 Å². The molecule has 1 aromatic heterocycles. The number of nitrogens with one attached hydrogen (secondary N) is 1. The number of hydrogen-bond donors (Lipinski definition) is 1. The Kier molecular flexibility index (Phi) is 3.77. The minimum atomic E-state index is -0.144. The van der Waals surface area contributed by atoms with Crippen molar-refractivity contribution in [3.8, 4) is 0 Å². The molecule has 0 atom stereocenters. The Labute approximate surface area is 114 Å². The summed E-state index contributed by atoms with van der Waals surface area (Å²) in [4.78, 5) is 16.1. The van der Waals surface area contributed by atoms with E-state index in [0.29, 0.717) is 11.3 Å². The van der Waals surface area contributed by atoms with E-state index in [1.54, 1.807) is 18.5 Å². The lowest BCUT2D eigenvalue weighted by Crippen LogP contribution is -2.12. The molecule has 0 saturated heterocycles. The molecule has 0 fully saturated rings. The molecule has 18 heavy (non-hydrogen) atoms. The Balaban J connectivity index is 2.22. The van der Waals surface area contributed by atoms with Gasteiger partial charge in [0.05, 0.1) is 17.4 Å². The van der Waals surface area contributed by atoms with Gasteiger partial charge >= 0.3 is 0 Å². The first-order valence-electron chi connectivity index (χ1n) is 5.55. The molecule has 2 aromatic rings. The number of nitrogens with zero attached hydrogens (tertiary/aromatic N) is 1. The van der Waals surface area contributed by atoms with Gasteiger partial charge in [-0.1, -0.05) is 6.07 Å². The van der Waals surface area contributed by atoms with Gasteiger partial charge in [0.25, 0.3) is 5.91 Å². The molecule has 0 radical (unpaired) electrons. The summed E-state index contributed by atoms with van der Waals surface area (Å²) in [7, 11) is 0. The summed E-state index contributed by atoms with van der Waals surface area (Å²) in [6, 6.07) is 7.52. The molecule has 1 amide bonds. The summed E-state index contributed by atoms with van der Waals surface area (Å²) in [6.45, 7) is 3.92. The summed E-state index contributed by atoms with van der Waals surface area (Å²) >= 11 is 3.40. The van der Waals surface area contributed by atoms with E-state index in [1.807, 2.05) is 32.0 Å². The number of benzene rings is 1. The number of pyridine rings is 1. The van der Waals surface area contributed by atoms with Crippen LogP contribution in [0.25, 0.3) is 0 Å². The van der Waals surface area contributed by atoms with E-state index in [-0.39, 0.29) is 5.91 Å². The van der Waals surface area contributed by atoms with E-state index < -0.39 is 0 Å². The van der Waals surface area contributed by atoms with Gasteiger partial charge in [-0.3, -0.25) is 9.78 Å². The zero-order chi connectivity index (χ0) is 13.1. The number of halogens is 1. The quantitative estimate of drug-likeness (QED) is 0.919. The number of amides is 1. The van der Waals surface area contributed by atoms with Crippen molar-refractivity contribution in [1.82, 2.24) is 4.98 Å². The predicted molar refractivity (Wildman–Crippen MR) is 75.8 cm³/mol. The molecular formula is C14H13BrN2O. The second-order valence-corrected chi connectivity index (χ2v) is 5.04. The van der Waals surface area contributed by atoms with E-state index in [0.717, 1.165) is 15.6 Å². The number of aryl methyl sites for hydroxylation is 2. The molecule has 92 valence electrons. The van der Waals surface area contributed by atoms with Crippen LogP contribution in [-0.4, -0.2) is 10.9 Å². The largest absolute Gasteiger partial charge is 0.321 e. The molecule has 1 heterocycles. The van der Waals surface area contributed by atoms with Crippen molar-refractivity contribution in [1.29, 1.82) is 0 Å². The van der Waals surface area contributed by atoms with Crippen LogP contribution in [-0.2, 0) is 0 Å². The maximum Gasteiger partial charge on any atom is 0.256 e. The third kappa shape index (κ3) is 2.96. The highest BCUT2D eigenvalue weighted by atomic mass is 79.9. The molecule has 0 spiro atoms. The molecule has 4 heteroatoms. The first-order valence-corrected chi connectivity index (χ1v) is 6.35. The number of rotatable bonds is 2. The smallest absolute Gasteiger partial charge is 0.256 e. The summed E-state index contributed by atoms with van der Waals surface area (Å²) < 4.78 is 0.792. The third-order valence-corrected chi connectivity index (χ3v) is 3.16. The van der Waals surface area contributed by atoms with Gasteiger partial charge < -0.3 is 5.32 Å². The molecule has 0 aliphatic rings. The molecule has 3 nitrogen and oxygen atoms in total. The average Bonchev–Trinajstić information content (AvgIpc) is 2.28. The van der Waals surface area contributed by atoms with Crippen molar-refractivity contribution in [2.45, 2.75) is 13.8 Å². The van der Waals surface area contributed by atoms with Gasteiger partial charge in [-0.2, -0.15) is 0 Å². The maximum atomic E-state index is 12.1. The average molecular weight is 305 g/mol. The number of anilines is 1. The Morgan fingerprint density at radius 2 is 1.94 bits per heavy atom. The highest BCUT2D eigenvalue weighted by molar-refractivity contribution is 9.10. The summed E-state index contributed by atoms with van der Waals surface area (Å²) in [6.07, 6.45) is 3.38. The molecule has 0 saturated carbocycles. The minimum absolute atomic E-state index is 0.144. The molecular weight excluding hydrogens is 292 g/mol. The standard InChI is InChI=1S/C14H13BrN2O/c1-9-3-4-12(13(15)6-9)14(18)17-11-5-10(2)7-16-8-11/h3-8H,1-2H3,(H,17,18).